The number of rotatable bonds is 1. The number of anilines is 2. The van der Waals surface area contributed by atoms with Crippen LogP contribution in [-0.2, 0) is 4.74 Å². The summed E-state index contributed by atoms with van der Waals surface area (Å²) in [6.07, 6.45) is 0.517. The lowest BCUT2D eigenvalue weighted by Crippen LogP contribution is -2.37. The maximum Gasteiger partial charge on any atom is 0.414 e. The zero-order chi connectivity index (χ0) is 17.2. The van der Waals surface area contributed by atoms with Crippen LogP contribution in [-0.4, -0.2) is 18.2 Å². The first kappa shape index (κ1) is 16.4. The third kappa shape index (κ3) is 3.70. The van der Waals surface area contributed by atoms with Gasteiger partial charge in [0.25, 0.3) is 0 Å². The lowest BCUT2D eigenvalue weighted by molar-refractivity contribution is 0.0580. The fraction of sp³-hybridized carbons (Fsp3) is 0.350. The minimum absolute atomic E-state index is 0.166. The molecule has 4 heteroatoms. The minimum Gasteiger partial charge on any atom is -0.443 e. The second-order valence-corrected chi connectivity index (χ2v) is 7.05. The smallest absolute Gasteiger partial charge is 0.414 e. The first-order valence-electron chi connectivity index (χ1n) is 8.35. The number of ether oxygens (including phenoxy) is 1. The molecule has 0 aromatic heterocycles. The van der Waals surface area contributed by atoms with Crippen molar-refractivity contribution in [2.45, 2.75) is 38.8 Å². The highest BCUT2D eigenvalue weighted by Crippen LogP contribution is 2.35. The molecule has 0 radical (unpaired) electrons. The Morgan fingerprint density at radius 2 is 1.75 bits per heavy atom. The van der Waals surface area contributed by atoms with Crippen LogP contribution in [0.3, 0.4) is 0 Å². The van der Waals surface area contributed by atoms with Gasteiger partial charge in [0, 0.05) is 6.54 Å². The van der Waals surface area contributed by atoms with Crippen molar-refractivity contribution in [2.24, 2.45) is 0 Å². The highest BCUT2D eigenvalue weighted by Gasteiger charge is 2.28. The molecule has 24 heavy (non-hydrogen) atoms. The van der Waals surface area contributed by atoms with Crippen molar-refractivity contribution in [3.63, 3.8) is 0 Å². The molecule has 2 aromatic carbocycles. The second kappa shape index (κ2) is 6.56. The minimum atomic E-state index is -0.509. The number of amides is 1. The molecule has 3 rings (SSSR count). The number of para-hydroxylation sites is 2. The molecule has 126 valence electrons. The maximum atomic E-state index is 12.6. The van der Waals surface area contributed by atoms with Gasteiger partial charge in [-0.15, -0.1) is 0 Å². The van der Waals surface area contributed by atoms with E-state index < -0.39 is 5.60 Å². The summed E-state index contributed by atoms with van der Waals surface area (Å²) in [5, 5.41) is 3.57. The maximum absolute atomic E-state index is 12.6. The van der Waals surface area contributed by atoms with Crippen LogP contribution in [0.1, 0.15) is 38.8 Å². The van der Waals surface area contributed by atoms with E-state index in [-0.39, 0.29) is 12.1 Å². The molecule has 1 aliphatic rings. The summed E-state index contributed by atoms with van der Waals surface area (Å²) in [5.74, 6) is 0. The fourth-order valence-corrected chi connectivity index (χ4v) is 2.91. The van der Waals surface area contributed by atoms with Crippen LogP contribution < -0.4 is 10.2 Å². The number of hydrogen-bond acceptors (Lipinski definition) is 3. The van der Waals surface area contributed by atoms with E-state index in [1.807, 2.05) is 63.2 Å². The molecular weight excluding hydrogens is 300 g/mol. The number of hydrogen-bond donors (Lipinski definition) is 1. The van der Waals surface area contributed by atoms with Crippen LogP contribution in [0.15, 0.2) is 54.6 Å². The molecule has 1 heterocycles. The van der Waals surface area contributed by atoms with E-state index in [0.29, 0.717) is 6.54 Å². The summed E-state index contributed by atoms with van der Waals surface area (Å²) >= 11 is 0. The van der Waals surface area contributed by atoms with Crippen molar-refractivity contribution in [2.75, 3.05) is 16.8 Å². The van der Waals surface area contributed by atoms with E-state index in [0.717, 1.165) is 17.8 Å². The number of nitrogens with one attached hydrogen (secondary N) is 1. The second-order valence-electron chi connectivity index (χ2n) is 7.05. The van der Waals surface area contributed by atoms with Gasteiger partial charge in [0.05, 0.1) is 17.4 Å². The van der Waals surface area contributed by atoms with Gasteiger partial charge in [-0.2, -0.15) is 0 Å². The Kier molecular flexibility index (Phi) is 4.47. The zero-order valence-corrected chi connectivity index (χ0v) is 14.5. The Morgan fingerprint density at radius 3 is 2.46 bits per heavy atom. The molecule has 0 saturated heterocycles. The van der Waals surface area contributed by atoms with Gasteiger partial charge in [-0.3, -0.25) is 4.90 Å². The van der Waals surface area contributed by atoms with Gasteiger partial charge in [0.2, 0.25) is 0 Å². The normalized spacial score (nSPS) is 17.5. The van der Waals surface area contributed by atoms with Crippen molar-refractivity contribution in [1.82, 2.24) is 0 Å². The van der Waals surface area contributed by atoms with E-state index in [9.17, 15) is 4.79 Å². The van der Waals surface area contributed by atoms with Crippen molar-refractivity contribution < 1.29 is 9.53 Å². The lowest BCUT2D eigenvalue weighted by atomic mass is 10.0. The van der Waals surface area contributed by atoms with Crippen LogP contribution in [0.4, 0.5) is 16.2 Å². The SMILES string of the molecule is CC(C)(C)OC(=O)N1CCC(c2ccccc2)Nc2ccccc21. The molecule has 1 unspecified atom stereocenters. The van der Waals surface area contributed by atoms with Gasteiger partial charge in [0.15, 0.2) is 0 Å². The Labute approximate surface area is 143 Å². The van der Waals surface area contributed by atoms with Crippen LogP contribution >= 0.6 is 0 Å². The number of fused-ring (bicyclic) bond motifs is 1. The van der Waals surface area contributed by atoms with Gasteiger partial charge in [-0.05, 0) is 44.9 Å². The average molecular weight is 324 g/mol. The highest BCUT2D eigenvalue weighted by molar-refractivity contribution is 5.92. The van der Waals surface area contributed by atoms with Crippen LogP contribution in [0.5, 0.6) is 0 Å². The molecule has 4 nitrogen and oxygen atoms in total. The molecule has 0 bridgehead atoms. The van der Waals surface area contributed by atoms with Crippen molar-refractivity contribution in [3.05, 3.63) is 60.2 Å². The monoisotopic (exact) mass is 324 g/mol. The first-order chi connectivity index (χ1) is 11.4. The number of benzene rings is 2. The Bertz CT molecular complexity index is 707. The topological polar surface area (TPSA) is 41.6 Å². The van der Waals surface area contributed by atoms with Crippen molar-refractivity contribution >= 4 is 17.5 Å². The van der Waals surface area contributed by atoms with Gasteiger partial charge in [0.1, 0.15) is 5.60 Å². The summed E-state index contributed by atoms with van der Waals surface area (Å²) < 4.78 is 5.59. The van der Waals surface area contributed by atoms with E-state index >= 15 is 0 Å². The Balaban J connectivity index is 1.90. The fourth-order valence-electron chi connectivity index (χ4n) is 2.91. The summed E-state index contributed by atoms with van der Waals surface area (Å²) in [6, 6.07) is 18.4. The Morgan fingerprint density at radius 1 is 1.08 bits per heavy atom. The number of nitrogens with zero attached hydrogens (tertiary/aromatic N) is 1. The molecule has 1 N–H and O–H groups in total. The quantitative estimate of drug-likeness (QED) is 0.804. The summed E-state index contributed by atoms with van der Waals surface area (Å²) in [4.78, 5) is 14.4. The third-order valence-electron chi connectivity index (χ3n) is 3.98. The van der Waals surface area contributed by atoms with Gasteiger partial charge < -0.3 is 10.1 Å². The van der Waals surface area contributed by atoms with E-state index in [1.54, 1.807) is 4.90 Å². The molecule has 0 aliphatic carbocycles. The van der Waals surface area contributed by atoms with Crippen molar-refractivity contribution in [1.29, 1.82) is 0 Å². The molecular formula is C20H24N2O2. The van der Waals surface area contributed by atoms with Crippen LogP contribution in [0, 0.1) is 0 Å². The predicted molar refractivity (Wildman–Crippen MR) is 97.4 cm³/mol. The number of carbonyl (C=O) groups excluding carboxylic acids is 1. The van der Waals surface area contributed by atoms with Gasteiger partial charge in [-0.1, -0.05) is 42.5 Å². The van der Waals surface area contributed by atoms with Crippen LogP contribution in [0.2, 0.25) is 0 Å². The summed E-state index contributed by atoms with van der Waals surface area (Å²) in [6.45, 7) is 6.28. The molecule has 1 atom stereocenters. The molecule has 1 amide bonds. The predicted octanol–water partition coefficient (Wildman–Crippen LogP) is 4.99. The van der Waals surface area contributed by atoms with Crippen molar-refractivity contribution in [3.8, 4) is 0 Å². The summed E-state index contributed by atoms with van der Waals surface area (Å²) in [5.41, 5.74) is 2.53. The first-order valence-corrected chi connectivity index (χ1v) is 8.35. The standard InChI is InChI=1S/C20H24N2O2/c1-20(2,3)24-19(23)22-14-13-16(15-9-5-4-6-10-15)21-17-11-7-8-12-18(17)22/h4-12,16,21H,13-14H2,1-3H3. The lowest BCUT2D eigenvalue weighted by Gasteiger charge is -2.27. The molecule has 2 aromatic rings. The zero-order valence-electron chi connectivity index (χ0n) is 14.5. The highest BCUT2D eigenvalue weighted by atomic mass is 16.6. The largest absolute Gasteiger partial charge is 0.443 e. The summed E-state index contributed by atoms with van der Waals surface area (Å²) in [7, 11) is 0. The molecule has 0 spiro atoms. The van der Waals surface area contributed by atoms with Crippen LogP contribution in [0.25, 0.3) is 0 Å². The Hall–Kier alpha value is -2.49. The average Bonchev–Trinajstić information content (AvgIpc) is 2.73. The number of carbonyl (C=O) groups is 1. The third-order valence-corrected chi connectivity index (χ3v) is 3.98. The molecule has 0 saturated carbocycles. The van der Waals surface area contributed by atoms with E-state index in [4.69, 9.17) is 4.74 Å². The van der Waals surface area contributed by atoms with Gasteiger partial charge >= 0.3 is 6.09 Å². The molecule has 0 fully saturated rings. The van der Waals surface area contributed by atoms with E-state index in [2.05, 4.69) is 17.4 Å². The molecule has 1 aliphatic heterocycles. The van der Waals surface area contributed by atoms with E-state index in [1.165, 1.54) is 5.56 Å². The van der Waals surface area contributed by atoms with Gasteiger partial charge in [-0.25, -0.2) is 4.79 Å².